The molecule has 0 saturated heterocycles. The Kier molecular flexibility index (Phi) is 7.87. The molecule has 0 saturated carbocycles. The van der Waals surface area contributed by atoms with Crippen molar-refractivity contribution in [3.05, 3.63) is 65.2 Å². The molecule has 0 heterocycles. The highest BCUT2D eigenvalue weighted by Gasteiger charge is 2.11. The van der Waals surface area contributed by atoms with E-state index in [-0.39, 0.29) is 18.5 Å². The van der Waals surface area contributed by atoms with Gasteiger partial charge in [0, 0.05) is 19.7 Å². The molecule has 1 amide bonds. The van der Waals surface area contributed by atoms with E-state index in [4.69, 9.17) is 4.74 Å². The molecule has 6 heteroatoms. The Morgan fingerprint density at radius 3 is 2.54 bits per heavy atom. The molecule has 2 aromatic carbocycles. The zero-order valence-electron chi connectivity index (χ0n) is 17.3. The molecule has 1 unspecified atom stereocenters. The lowest BCUT2D eigenvalue weighted by atomic mass is 10.1. The Hall–Kier alpha value is -3.02. The highest BCUT2D eigenvalue weighted by atomic mass is 16.5. The normalized spacial score (nSPS) is 12.2. The van der Waals surface area contributed by atoms with Gasteiger partial charge in [0.15, 0.2) is 5.96 Å². The molecule has 2 N–H and O–H groups in total. The molecular weight excluding hydrogens is 352 g/mol. The van der Waals surface area contributed by atoms with Crippen LogP contribution in [0, 0.1) is 6.92 Å². The molecule has 0 fully saturated rings. The zero-order valence-corrected chi connectivity index (χ0v) is 17.3. The van der Waals surface area contributed by atoms with Gasteiger partial charge in [-0.2, -0.15) is 0 Å². The van der Waals surface area contributed by atoms with Crippen LogP contribution in [0.1, 0.15) is 29.7 Å². The van der Waals surface area contributed by atoms with Crippen LogP contribution in [0.3, 0.4) is 0 Å². The van der Waals surface area contributed by atoms with Gasteiger partial charge in [-0.15, -0.1) is 0 Å². The predicted molar refractivity (Wildman–Crippen MR) is 114 cm³/mol. The van der Waals surface area contributed by atoms with Gasteiger partial charge in [-0.3, -0.25) is 4.79 Å². The first-order chi connectivity index (χ1) is 13.4. The summed E-state index contributed by atoms with van der Waals surface area (Å²) in [7, 11) is 5.13. The molecule has 2 rings (SSSR count). The first-order valence-corrected chi connectivity index (χ1v) is 9.34. The topological polar surface area (TPSA) is 66.0 Å². The van der Waals surface area contributed by atoms with E-state index in [0.29, 0.717) is 12.5 Å². The van der Waals surface area contributed by atoms with Gasteiger partial charge in [-0.25, -0.2) is 4.99 Å². The van der Waals surface area contributed by atoms with Crippen molar-refractivity contribution < 1.29 is 9.53 Å². The van der Waals surface area contributed by atoms with Crippen LogP contribution in [0.25, 0.3) is 0 Å². The third-order valence-corrected chi connectivity index (χ3v) is 4.41. The number of amides is 1. The van der Waals surface area contributed by atoms with Gasteiger partial charge in [-0.1, -0.05) is 42.5 Å². The van der Waals surface area contributed by atoms with Crippen LogP contribution in [0.5, 0.6) is 5.75 Å². The van der Waals surface area contributed by atoms with Crippen LogP contribution in [-0.4, -0.2) is 44.5 Å². The Labute approximate surface area is 167 Å². The number of methoxy groups -OCH3 is 1. The number of benzene rings is 2. The molecule has 1 atom stereocenters. The highest BCUT2D eigenvalue weighted by molar-refractivity contribution is 5.86. The minimum Gasteiger partial charge on any atom is -0.496 e. The number of carbonyl (C=O) groups is 1. The SMILES string of the molecule is COc1cc(C)ccc1CN=C(NCC(=O)N(C)C)NC(C)c1ccccc1. The van der Waals surface area contributed by atoms with Crippen molar-refractivity contribution in [1.29, 1.82) is 0 Å². The smallest absolute Gasteiger partial charge is 0.241 e. The van der Waals surface area contributed by atoms with Gasteiger partial charge >= 0.3 is 0 Å². The molecule has 0 aliphatic carbocycles. The molecule has 0 aliphatic heterocycles. The first kappa shape index (κ1) is 21.3. The fourth-order valence-electron chi connectivity index (χ4n) is 2.65. The third kappa shape index (κ3) is 6.30. The zero-order chi connectivity index (χ0) is 20.5. The van der Waals surface area contributed by atoms with E-state index in [1.807, 2.05) is 43.3 Å². The van der Waals surface area contributed by atoms with Crippen molar-refractivity contribution in [2.24, 2.45) is 4.99 Å². The lowest BCUT2D eigenvalue weighted by Gasteiger charge is -2.20. The number of nitrogens with one attached hydrogen (secondary N) is 2. The lowest BCUT2D eigenvalue weighted by molar-refractivity contribution is -0.127. The first-order valence-electron chi connectivity index (χ1n) is 9.34. The predicted octanol–water partition coefficient (Wildman–Crippen LogP) is 2.89. The molecule has 0 radical (unpaired) electrons. The molecule has 0 aromatic heterocycles. The van der Waals surface area contributed by atoms with Gasteiger partial charge in [0.1, 0.15) is 5.75 Å². The van der Waals surface area contributed by atoms with Gasteiger partial charge < -0.3 is 20.3 Å². The Morgan fingerprint density at radius 1 is 1.18 bits per heavy atom. The summed E-state index contributed by atoms with van der Waals surface area (Å²) in [4.78, 5) is 18.2. The van der Waals surface area contributed by atoms with E-state index < -0.39 is 0 Å². The van der Waals surface area contributed by atoms with Crippen molar-refractivity contribution in [2.45, 2.75) is 26.4 Å². The van der Waals surface area contributed by atoms with Crippen LogP contribution in [0.2, 0.25) is 0 Å². The summed E-state index contributed by atoms with van der Waals surface area (Å²) in [5.74, 6) is 1.37. The monoisotopic (exact) mass is 382 g/mol. The maximum Gasteiger partial charge on any atom is 0.241 e. The quantitative estimate of drug-likeness (QED) is 0.571. The van der Waals surface area contributed by atoms with Crippen molar-refractivity contribution in [1.82, 2.24) is 15.5 Å². The fraction of sp³-hybridized carbons (Fsp3) is 0.364. The number of likely N-dealkylation sites (N-methyl/N-ethyl adjacent to an activating group) is 1. The molecule has 2 aromatic rings. The summed E-state index contributed by atoms with van der Waals surface area (Å²) in [5.41, 5.74) is 3.26. The van der Waals surface area contributed by atoms with Crippen LogP contribution < -0.4 is 15.4 Å². The second kappa shape index (κ2) is 10.3. The van der Waals surface area contributed by atoms with Crippen molar-refractivity contribution in [2.75, 3.05) is 27.7 Å². The summed E-state index contributed by atoms with van der Waals surface area (Å²) < 4.78 is 5.47. The van der Waals surface area contributed by atoms with E-state index in [2.05, 4.69) is 34.7 Å². The van der Waals surface area contributed by atoms with E-state index in [1.54, 1.807) is 26.1 Å². The van der Waals surface area contributed by atoms with Crippen molar-refractivity contribution >= 4 is 11.9 Å². The highest BCUT2D eigenvalue weighted by Crippen LogP contribution is 2.20. The molecule has 28 heavy (non-hydrogen) atoms. The minimum absolute atomic E-state index is 0.0187. The maximum atomic E-state index is 12.0. The van der Waals surface area contributed by atoms with E-state index in [9.17, 15) is 4.79 Å². The van der Waals surface area contributed by atoms with E-state index in [0.717, 1.165) is 22.4 Å². The number of aliphatic imine (C=N–C) groups is 1. The van der Waals surface area contributed by atoms with Crippen LogP contribution >= 0.6 is 0 Å². The fourth-order valence-corrected chi connectivity index (χ4v) is 2.65. The molecule has 6 nitrogen and oxygen atoms in total. The van der Waals surface area contributed by atoms with Crippen molar-refractivity contribution in [3.63, 3.8) is 0 Å². The number of hydrogen-bond acceptors (Lipinski definition) is 3. The average Bonchev–Trinajstić information content (AvgIpc) is 2.70. The Morgan fingerprint density at radius 2 is 1.89 bits per heavy atom. The molecular formula is C22H30N4O2. The van der Waals surface area contributed by atoms with Crippen LogP contribution in [0.4, 0.5) is 0 Å². The Balaban J connectivity index is 2.16. The summed E-state index contributed by atoms with van der Waals surface area (Å²) in [6.07, 6.45) is 0. The number of ether oxygens (including phenoxy) is 1. The van der Waals surface area contributed by atoms with Crippen LogP contribution in [0.15, 0.2) is 53.5 Å². The average molecular weight is 383 g/mol. The largest absolute Gasteiger partial charge is 0.496 e. The van der Waals surface area contributed by atoms with Gasteiger partial charge in [0.2, 0.25) is 5.91 Å². The second-order valence-electron chi connectivity index (χ2n) is 6.90. The molecule has 0 spiro atoms. The number of carbonyl (C=O) groups excluding carboxylic acids is 1. The standard InChI is InChI=1S/C22H30N4O2/c1-16-11-12-19(20(13-16)28-5)14-23-22(24-15-21(27)26(3)4)25-17(2)18-9-7-6-8-10-18/h6-13,17H,14-15H2,1-5H3,(H2,23,24,25). The molecule has 150 valence electrons. The number of aryl methyl sites for hydroxylation is 1. The summed E-state index contributed by atoms with van der Waals surface area (Å²) in [6.45, 7) is 4.70. The Bertz CT molecular complexity index is 803. The molecule has 0 bridgehead atoms. The number of rotatable bonds is 7. The summed E-state index contributed by atoms with van der Waals surface area (Å²) in [5, 5.41) is 6.50. The summed E-state index contributed by atoms with van der Waals surface area (Å²) in [6, 6.07) is 16.2. The van der Waals surface area contributed by atoms with Gasteiger partial charge in [0.05, 0.1) is 26.2 Å². The lowest BCUT2D eigenvalue weighted by Crippen LogP contribution is -2.43. The number of hydrogen-bond donors (Lipinski definition) is 2. The summed E-state index contributed by atoms with van der Waals surface area (Å²) >= 11 is 0. The van der Waals surface area contributed by atoms with Crippen molar-refractivity contribution in [3.8, 4) is 5.75 Å². The molecule has 0 aliphatic rings. The van der Waals surface area contributed by atoms with Gasteiger partial charge in [0.25, 0.3) is 0 Å². The van der Waals surface area contributed by atoms with E-state index >= 15 is 0 Å². The number of guanidine groups is 1. The maximum absolute atomic E-state index is 12.0. The van der Waals surface area contributed by atoms with Crippen LogP contribution in [-0.2, 0) is 11.3 Å². The van der Waals surface area contributed by atoms with E-state index in [1.165, 1.54) is 0 Å². The third-order valence-electron chi connectivity index (χ3n) is 4.41. The second-order valence-corrected chi connectivity index (χ2v) is 6.90. The minimum atomic E-state index is -0.0187. The number of nitrogens with zero attached hydrogens (tertiary/aromatic N) is 2. The van der Waals surface area contributed by atoms with Gasteiger partial charge in [-0.05, 0) is 31.0 Å².